The van der Waals surface area contributed by atoms with E-state index in [1.165, 1.54) is 6.07 Å². The topological polar surface area (TPSA) is 20.3 Å². The van der Waals surface area contributed by atoms with E-state index >= 15 is 0 Å². The Morgan fingerprint density at radius 1 is 1.39 bits per heavy atom. The fraction of sp³-hybridized carbons (Fsp3) is 0.533. The van der Waals surface area contributed by atoms with Gasteiger partial charge in [-0.3, -0.25) is 4.79 Å². The highest BCUT2D eigenvalue weighted by Gasteiger charge is 2.49. The molecule has 0 spiro atoms. The molecule has 0 amide bonds. The number of likely N-dealkylation sites (N-methyl/N-ethyl adjacent to an activating group) is 1. The lowest BCUT2D eigenvalue weighted by atomic mass is 9.69. The van der Waals surface area contributed by atoms with Gasteiger partial charge < -0.3 is 4.90 Å². The maximum absolute atomic E-state index is 14.0. The summed E-state index contributed by atoms with van der Waals surface area (Å²) in [5.41, 5.74) is 1.52. The van der Waals surface area contributed by atoms with E-state index in [4.69, 9.17) is 0 Å². The minimum atomic E-state index is -0.265. The second-order valence-electron chi connectivity index (χ2n) is 6.34. The Morgan fingerprint density at radius 3 is 2.83 bits per heavy atom. The van der Waals surface area contributed by atoms with Gasteiger partial charge in [0.25, 0.3) is 0 Å². The molecule has 2 unspecified atom stereocenters. The van der Waals surface area contributed by atoms with Crippen LogP contribution in [0.2, 0.25) is 0 Å². The molecule has 1 aromatic rings. The summed E-state index contributed by atoms with van der Waals surface area (Å²) < 4.78 is 14.0. The Kier molecular flexibility index (Phi) is 2.31. The predicted octanol–water partition coefficient (Wildman–Crippen LogP) is 3.12. The minimum absolute atomic E-state index is 0.0189. The summed E-state index contributed by atoms with van der Waals surface area (Å²) >= 11 is 0. The Hall–Kier alpha value is -1.38. The molecule has 2 aliphatic rings. The third-order valence-corrected chi connectivity index (χ3v) is 4.36. The third-order valence-electron chi connectivity index (χ3n) is 4.36. The second-order valence-corrected chi connectivity index (χ2v) is 6.34. The van der Waals surface area contributed by atoms with E-state index in [0.29, 0.717) is 12.0 Å². The first-order valence-electron chi connectivity index (χ1n) is 6.45. The van der Waals surface area contributed by atoms with Crippen LogP contribution in [0.3, 0.4) is 0 Å². The number of carbonyl (C=O) groups is 1. The largest absolute Gasteiger partial charge is 0.370 e. The summed E-state index contributed by atoms with van der Waals surface area (Å²) in [4.78, 5) is 14.4. The van der Waals surface area contributed by atoms with Gasteiger partial charge in [0, 0.05) is 30.8 Å². The van der Waals surface area contributed by atoms with Crippen molar-refractivity contribution in [2.75, 3.05) is 11.9 Å². The van der Waals surface area contributed by atoms with Crippen LogP contribution in [-0.4, -0.2) is 18.9 Å². The van der Waals surface area contributed by atoms with Crippen LogP contribution in [0.1, 0.15) is 38.2 Å². The molecule has 3 rings (SSSR count). The van der Waals surface area contributed by atoms with Gasteiger partial charge in [0.05, 0.1) is 5.92 Å². The van der Waals surface area contributed by atoms with Crippen molar-refractivity contribution >= 4 is 11.5 Å². The molecule has 0 radical (unpaired) electrons. The van der Waals surface area contributed by atoms with Gasteiger partial charge in [-0.15, -0.1) is 0 Å². The van der Waals surface area contributed by atoms with Gasteiger partial charge in [-0.2, -0.15) is 0 Å². The molecule has 18 heavy (non-hydrogen) atoms. The van der Waals surface area contributed by atoms with Crippen molar-refractivity contribution in [2.45, 2.75) is 38.6 Å². The van der Waals surface area contributed by atoms with Crippen molar-refractivity contribution < 1.29 is 9.18 Å². The van der Waals surface area contributed by atoms with Crippen LogP contribution in [0.15, 0.2) is 18.2 Å². The van der Waals surface area contributed by atoms with Crippen molar-refractivity contribution in [3.63, 3.8) is 0 Å². The van der Waals surface area contributed by atoms with E-state index in [2.05, 4.69) is 18.7 Å². The zero-order valence-corrected chi connectivity index (χ0v) is 11.0. The maximum atomic E-state index is 14.0. The minimum Gasteiger partial charge on any atom is -0.370 e. The molecule has 0 bridgehead atoms. The number of carbonyl (C=O) groups excluding carboxylic acids is 1. The Morgan fingerprint density at radius 2 is 2.11 bits per heavy atom. The first-order valence-corrected chi connectivity index (χ1v) is 6.45. The fourth-order valence-corrected chi connectivity index (χ4v) is 3.59. The average molecular weight is 247 g/mol. The van der Waals surface area contributed by atoms with E-state index in [9.17, 15) is 9.18 Å². The maximum Gasteiger partial charge on any atom is 0.143 e. The van der Waals surface area contributed by atoms with Gasteiger partial charge >= 0.3 is 0 Å². The molecule has 0 saturated heterocycles. The van der Waals surface area contributed by atoms with Crippen LogP contribution >= 0.6 is 0 Å². The van der Waals surface area contributed by atoms with Crippen molar-refractivity contribution in [1.29, 1.82) is 0 Å². The Labute approximate surface area is 107 Å². The van der Waals surface area contributed by atoms with Crippen LogP contribution in [0, 0.1) is 11.2 Å². The van der Waals surface area contributed by atoms with E-state index in [1.807, 2.05) is 13.1 Å². The molecular weight excluding hydrogens is 229 g/mol. The summed E-state index contributed by atoms with van der Waals surface area (Å²) in [6, 6.07) is 5.21. The zero-order chi connectivity index (χ0) is 13.1. The van der Waals surface area contributed by atoms with Gasteiger partial charge in [-0.25, -0.2) is 4.39 Å². The van der Waals surface area contributed by atoms with E-state index in [-0.39, 0.29) is 29.0 Å². The highest BCUT2D eigenvalue weighted by atomic mass is 19.1. The van der Waals surface area contributed by atoms with Crippen LogP contribution in [0.25, 0.3) is 0 Å². The fourth-order valence-electron chi connectivity index (χ4n) is 3.59. The number of fused-ring (bicyclic) bond motifs is 3. The normalized spacial score (nSPS) is 29.1. The zero-order valence-electron chi connectivity index (χ0n) is 11.0. The number of nitrogens with zero attached hydrogens (tertiary/aromatic N) is 1. The molecule has 1 aromatic carbocycles. The highest BCUT2D eigenvalue weighted by molar-refractivity contribution is 5.92. The van der Waals surface area contributed by atoms with Crippen LogP contribution in [-0.2, 0) is 4.79 Å². The number of benzene rings is 1. The number of hydrogen-bond donors (Lipinski definition) is 0. The predicted molar refractivity (Wildman–Crippen MR) is 69.4 cm³/mol. The van der Waals surface area contributed by atoms with Crippen molar-refractivity contribution in [2.24, 2.45) is 5.41 Å². The van der Waals surface area contributed by atoms with Gasteiger partial charge in [0.15, 0.2) is 0 Å². The number of rotatable bonds is 0. The van der Waals surface area contributed by atoms with E-state index in [0.717, 1.165) is 12.1 Å². The monoisotopic (exact) mass is 247 g/mol. The summed E-state index contributed by atoms with van der Waals surface area (Å²) in [7, 11) is 1.97. The molecular formula is C15H18FNO. The Bertz CT molecular complexity index is 523. The quantitative estimate of drug-likeness (QED) is 0.702. The van der Waals surface area contributed by atoms with Crippen LogP contribution < -0.4 is 4.90 Å². The first-order chi connectivity index (χ1) is 8.41. The highest BCUT2D eigenvalue weighted by Crippen LogP contribution is 2.50. The molecule has 1 heterocycles. The number of anilines is 1. The van der Waals surface area contributed by atoms with Crippen molar-refractivity contribution in [3.05, 3.63) is 29.6 Å². The molecule has 2 atom stereocenters. The third kappa shape index (κ3) is 1.49. The number of ketones is 1. The number of hydrogen-bond acceptors (Lipinski definition) is 2. The summed E-state index contributed by atoms with van der Waals surface area (Å²) in [6.07, 6.45) is 1.49. The van der Waals surface area contributed by atoms with Crippen molar-refractivity contribution in [3.8, 4) is 0 Å². The second kappa shape index (κ2) is 3.56. The van der Waals surface area contributed by atoms with Gasteiger partial charge in [-0.1, -0.05) is 19.9 Å². The molecule has 1 saturated carbocycles. The molecule has 3 heteroatoms. The SMILES string of the molecule is CN1c2cccc(F)c2C2C(=O)CC(C)(C)CC21. The summed E-state index contributed by atoms with van der Waals surface area (Å²) in [5.74, 6) is -0.314. The molecule has 0 aromatic heterocycles. The molecule has 0 N–H and O–H groups in total. The molecule has 2 nitrogen and oxygen atoms in total. The summed E-state index contributed by atoms with van der Waals surface area (Å²) in [5, 5.41) is 0. The van der Waals surface area contributed by atoms with Gasteiger partial charge in [0.2, 0.25) is 0 Å². The standard InChI is InChI=1S/C15H18FNO/c1-15(2)7-11-14(12(18)8-15)13-9(16)5-4-6-10(13)17(11)3/h4-6,11,14H,7-8H2,1-3H3. The number of Topliss-reactive ketones (excluding diaryl/α,β-unsaturated/α-hetero) is 1. The average Bonchev–Trinajstić information content (AvgIpc) is 2.53. The van der Waals surface area contributed by atoms with E-state index < -0.39 is 0 Å². The van der Waals surface area contributed by atoms with E-state index in [1.54, 1.807) is 6.07 Å². The Balaban J connectivity index is 2.12. The van der Waals surface area contributed by atoms with Crippen LogP contribution in [0.4, 0.5) is 10.1 Å². The first kappa shape index (κ1) is 11.7. The van der Waals surface area contributed by atoms with Crippen LogP contribution in [0.5, 0.6) is 0 Å². The molecule has 96 valence electrons. The lowest BCUT2D eigenvalue weighted by Gasteiger charge is -2.39. The molecule has 1 aliphatic heterocycles. The lowest BCUT2D eigenvalue weighted by Crippen LogP contribution is -2.43. The lowest BCUT2D eigenvalue weighted by molar-refractivity contribution is -0.125. The van der Waals surface area contributed by atoms with Crippen molar-refractivity contribution in [1.82, 2.24) is 0 Å². The molecule has 1 aliphatic carbocycles. The van der Waals surface area contributed by atoms with Gasteiger partial charge in [0.1, 0.15) is 11.6 Å². The summed E-state index contributed by atoms with van der Waals surface area (Å²) in [6.45, 7) is 4.24. The number of halogens is 1. The van der Waals surface area contributed by atoms with Gasteiger partial charge in [-0.05, 0) is 24.0 Å². The smallest absolute Gasteiger partial charge is 0.143 e. The molecule has 1 fully saturated rings.